The van der Waals surface area contributed by atoms with E-state index in [4.69, 9.17) is 0 Å². The molecule has 2 aromatic carbocycles. The lowest BCUT2D eigenvalue weighted by Gasteiger charge is -2.10. The molecule has 0 aliphatic carbocycles. The van der Waals surface area contributed by atoms with Crippen LogP contribution in [0.5, 0.6) is 0 Å². The number of hydrogen-bond donors (Lipinski definition) is 1. The molecule has 3 aromatic rings. The van der Waals surface area contributed by atoms with Crippen LogP contribution in [-0.4, -0.2) is 26.4 Å². The zero-order valence-electron chi connectivity index (χ0n) is 15.0. The van der Waals surface area contributed by atoms with Crippen molar-refractivity contribution in [3.8, 4) is 5.69 Å². The van der Waals surface area contributed by atoms with E-state index >= 15 is 0 Å². The maximum absolute atomic E-state index is 12.2. The van der Waals surface area contributed by atoms with Gasteiger partial charge in [0.1, 0.15) is 6.33 Å². The minimum absolute atomic E-state index is 0.0195. The van der Waals surface area contributed by atoms with Crippen LogP contribution in [0.15, 0.2) is 60.0 Å². The van der Waals surface area contributed by atoms with Crippen LogP contribution in [0.25, 0.3) is 5.69 Å². The quantitative estimate of drug-likeness (QED) is 0.650. The Kier molecular flexibility index (Phi) is 6.07. The first kappa shape index (κ1) is 18.2. The number of aromatic nitrogens is 3. The Morgan fingerprint density at radius 1 is 1.15 bits per heavy atom. The highest BCUT2D eigenvalue weighted by atomic mass is 32.2. The van der Waals surface area contributed by atoms with E-state index < -0.39 is 0 Å². The number of nitrogens with one attached hydrogen (secondary N) is 1. The number of benzene rings is 2. The van der Waals surface area contributed by atoms with Gasteiger partial charge in [-0.2, -0.15) is 0 Å². The topological polar surface area (TPSA) is 59.8 Å². The lowest BCUT2D eigenvalue weighted by atomic mass is 10.1. The van der Waals surface area contributed by atoms with E-state index in [-0.39, 0.29) is 5.91 Å². The minimum atomic E-state index is -0.0195. The van der Waals surface area contributed by atoms with Crippen molar-refractivity contribution in [3.05, 3.63) is 71.5 Å². The van der Waals surface area contributed by atoms with Crippen LogP contribution in [0.1, 0.15) is 23.6 Å². The molecule has 134 valence electrons. The van der Waals surface area contributed by atoms with Gasteiger partial charge < -0.3 is 5.32 Å². The van der Waals surface area contributed by atoms with Gasteiger partial charge in [0.2, 0.25) is 5.91 Å². The molecule has 1 aromatic heterocycles. The van der Waals surface area contributed by atoms with Crippen molar-refractivity contribution in [2.24, 2.45) is 0 Å². The number of amides is 1. The predicted molar refractivity (Wildman–Crippen MR) is 104 cm³/mol. The van der Waals surface area contributed by atoms with E-state index in [9.17, 15) is 4.79 Å². The van der Waals surface area contributed by atoms with Gasteiger partial charge in [-0.15, -0.1) is 10.2 Å². The molecule has 1 heterocycles. The first-order valence-corrected chi connectivity index (χ1v) is 9.59. The summed E-state index contributed by atoms with van der Waals surface area (Å²) in [5.41, 5.74) is 4.58. The zero-order valence-corrected chi connectivity index (χ0v) is 15.8. The molecule has 1 N–H and O–H groups in total. The molecule has 0 aliphatic rings. The fourth-order valence-corrected chi connectivity index (χ4v) is 3.37. The number of aryl methyl sites for hydroxylation is 2. The van der Waals surface area contributed by atoms with E-state index in [0.717, 1.165) is 22.8 Å². The molecule has 6 heteroatoms. The zero-order chi connectivity index (χ0) is 18.4. The van der Waals surface area contributed by atoms with E-state index in [1.54, 1.807) is 6.33 Å². The third-order valence-electron chi connectivity index (χ3n) is 4.09. The number of nitrogens with zero attached hydrogens (tertiary/aromatic N) is 3. The van der Waals surface area contributed by atoms with Crippen molar-refractivity contribution < 1.29 is 4.79 Å². The second kappa shape index (κ2) is 8.67. The summed E-state index contributed by atoms with van der Waals surface area (Å²) < 4.78 is 1.94. The van der Waals surface area contributed by atoms with Crippen LogP contribution in [0, 0.1) is 6.92 Å². The van der Waals surface area contributed by atoms with Crippen LogP contribution >= 0.6 is 11.8 Å². The van der Waals surface area contributed by atoms with Crippen LogP contribution in [0.2, 0.25) is 0 Å². The SMILES string of the molecule is CCc1ccccc1-n1cnnc1SCC(=O)NCc1ccc(C)cc1. The Morgan fingerprint density at radius 3 is 2.69 bits per heavy atom. The number of hydrogen-bond acceptors (Lipinski definition) is 4. The number of carbonyl (C=O) groups excluding carboxylic acids is 1. The fourth-order valence-electron chi connectivity index (χ4n) is 2.62. The molecule has 0 saturated carbocycles. The molecule has 26 heavy (non-hydrogen) atoms. The molecule has 0 saturated heterocycles. The summed E-state index contributed by atoms with van der Waals surface area (Å²) in [5, 5.41) is 11.8. The van der Waals surface area contributed by atoms with Gasteiger partial charge in [0.05, 0.1) is 11.4 Å². The van der Waals surface area contributed by atoms with Gasteiger partial charge >= 0.3 is 0 Å². The molecule has 0 fully saturated rings. The molecule has 0 unspecified atom stereocenters. The van der Waals surface area contributed by atoms with Crippen molar-refractivity contribution >= 4 is 17.7 Å². The highest BCUT2D eigenvalue weighted by molar-refractivity contribution is 7.99. The van der Waals surface area contributed by atoms with Crippen molar-refractivity contribution in [2.45, 2.75) is 32.0 Å². The summed E-state index contributed by atoms with van der Waals surface area (Å²) in [4.78, 5) is 12.2. The molecule has 3 rings (SSSR count). The van der Waals surface area contributed by atoms with E-state index in [1.165, 1.54) is 22.9 Å². The van der Waals surface area contributed by atoms with Gasteiger partial charge in [-0.25, -0.2) is 0 Å². The first-order chi connectivity index (χ1) is 12.7. The van der Waals surface area contributed by atoms with Gasteiger partial charge in [0.15, 0.2) is 5.16 Å². The maximum atomic E-state index is 12.2. The van der Waals surface area contributed by atoms with E-state index in [1.807, 2.05) is 54.0 Å². The first-order valence-electron chi connectivity index (χ1n) is 8.60. The van der Waals surface area contributed by atoms with Gasteiger partial charge in [0, 0.05) is 6.54 Å². The number of para-hydroxylation sites is 1. The summed E-state index contributed by atoms with van der Waals surface area (Å²) in [7, 11) is 0. The third kappa shape index (κ3) is 4.52. The van der Waals surface area contributed by atoms with E-state index in [0.29, 0.717) is 12.3 Å². The molecular formula is C20H22N4OS. The molecule has 0 radical (unpaired) electrons. The van der Waals surface area contributed by atoms with Crippen molar-refractivity contribution in [1.82, 2.24) is 20.1 Å². The van der Waals surface area contributed by atoms with Gasteiger partial charge in [-0.05, 0) is 30.5 Å². The minimum Gasteiger partial charge on any atom is -0.351 e. The number of rotatable bonds is 7. The van der Waals surface area contributed by atoms with Crippen molar-refractivity contribution in [1.29, 1.82) is 0 Å². The smallest absolute Gasteiger partial charge is 0.230 e. The largest absolute Gasteiger partial charge is 0.351 e. The Labute approximate surface area is 157 Å². The highest BCUT2D eigenvalue weighted by Crippen LogP contribution is 2.22. The fraction of sp³-hybridized carbons (Fsp3) is 0.250. The van der Waals surface area contributed by atoms with Crippen LogP contribution in [0.4, 0.5) is 0 Å². The molecule has 0 atom stereocenters. The summed E-state index contributed by atoms with van der Waals surface area (Å²) >= 11 is 1.39. The summed E-state index contributed by atoms with van der Waals surface area (Å²) in [6.07, 6.45) is 2.62. The molecule has 5 nitrogen and oxygen atoms in total. The van der Waals surface area contributed by atoms with Gasteiger partial charge in [0.25, 0.3) is 0 Å². The lowest BCUT2D eigenvalue weighted by molar-refractivity contribution is -0.118. The average molecular weight is 366 g/mol. The van der Waals surface area contributed by atoms with Crippen LogP contribution in [0.3, 0.4) is 0 Å². The average Bonchev–Trinajstić information content (AvgIpc) is 3.14. The molecule has 1 amide bonds. The molecule has 0 bridgehead atoms. The van der Waals surface area contributed by atoms with E-state index in [2.05, 4.69) is 28.5 Å². The van der Waals surface area contributed by atoms with Gasteiger partial charge in [-0.1, -0.05) is 66.7 Å². The standard InChI is InChI=1S/C20H22N4OS/c1-3-17-6-4-5-7-18(17)24-14-22-23-20(24)26-13-19(25)21-12-16-10-8-15(2)9-11-16/h4-11,14H,3,12-13H2,1-2H3,(H,21,25). The number of carbonyl (C=O) groups is 1. The second-order valence-electron chi connectivity index (χ2n) is 6.02. The van der Waals surface area contributed by atoms with Gasteiger partial charge in [-0.3, -0.25) is 9.36 Å². The van der Waals surface area contributed by atoms with Crippen molar-refractivity contribution in [2.75, 3.05) is 5.75 Å². The maximum Gasteiger partial charge on any atom is 0.230 e. The lowest BCUT2D eigenvalue weighted by Crippen LogP contribution is -2.24. The Hall–Kier alpha value is -2.60. The normalized spacial score (nSPS) is 10.7. The molecule has 0 aliphatic heterocycles. The number of thioether (sulfide) groups is 1. The Morgan fingerprint density at radius 2 is 1.92 bits per heavy atom. The monoisotopic (exact) mass is 366 g/mol. The Balaban J connectivity index is 1.59. The van der Waals surface area contributed by atoms with Crippen LogP contribution < -0.4 is 5.32 Å². The molecular weight excluding hydrogens is 344 g/mol. The molecule has 0 spiro atoms. The Bertz CT molecular complexity index is 874. The summed E-state index contributed by atoms with van der Waals surface area (Å²) in [6.45, 7) is 4.70. The summed E-state index contributed by atoms with van der Waals surface area (Å²) in [6, 6.07) is 16.3. The third-order valence-corrected chi connectivity index (χ3v) is 5.03. The summed E-state index contributed by atoms with van der Waals surface area (Å²) in [5.74, 6) is 0.285. The second-order valence-corrected chi connectivity index (χ2v) is 6.96. The highest BCUT2D eigenvalue weighted by Gasteiger charge is 2.12. The predicted octanol–water partition coefficient (Wildman–Crippen LogP) is 3.55. The van der Waals surface area contributed by atoms with Crippen LogP contribution in [-0.2, 0) is 17.8 Å². The van der Waals surface area contributed by atoms with Crippen molar-refractivity contribution in [3.63, 3.8) is 0 Å².